The van der Waals surface area contributed by atoms with E-state index in [1.165, 1.54) is 0 Å². The lowest BCUT2D eigenvalue weighted by atomic mass is 9.83. The zero-order chi connectivity index (χ0) is 53.2. The van der Waals surface area contributed by atoms with E-state index in [4.69, 9.17) is 14.2 Å². The van der Waals surface area contributed by atoms with Crippen molar-refractivity contribution in [3.63, 3.8) is 0 Å². The van der Waals surface area contributed by atoms with Gasteiger partial charge in [0.15, 0.2) is 0 Å². The molecule has 0 aliphatic heterocycles. The van der Waals surface area contributed by atoms with E-state index in [2.05, 4.69) is 31.9 Å². The van der Waals surface area contributed by atoms with Crippen molar-refractivity contribution in [2.24, 2.45) is 0 Å². The lowest BCUT2D eigenvalue weighted by Crippen LogP contribution is -2.49. The molecule has 0 saturated carbocycles. The first-order chi connectivity index (χ1) is 33.9. The lowest BCUT2D eigenvalue weighted by Gasteiger charge is -2.28. The van der Waals surface area contributed by atoms with Gasteiger partial charge in [0.25, 0.3) is 0 Å². The second-order valence-electron chi connectivity index (χ2n) is 20.8. The van der Waals surface area contributed by atoms with E-state index in [1.54, 1.807) is 62.3 Å². The van der Waals surface area contributed by atoms with Crippen molar-refractivity contribution >= 4 is 36.0 Å². The Kier molecular flexibility index (Phi) is 21.2. The fraction of sp³-hybridized carbons (Fsp3) is 0.474. The molecule has 0 bridgehead atoms. The van der Waals surface area contributed by atoms with Crippen LogP contribution in [0.25, 0.3) is 0 Å². The van der Waals surface area contributed by atoms with Gasteiger partial charge in [-0.15, -0.1) is 0 Å². The van der Waals surface area contributed by atoms with Gasteiger partial charge in [-0.2, -0.15) is 0 Å². The van der Waals surface area contributed by atoms with Crippen LogP contribution < -0.4 is 31.9 Å². The van der Waals surface area contributed by atoms with E-state index in [0.717, 1.165) is 50.1 Å². The van der Waals surface area contributed by atoms with E-state index in [9.17, 15) is 28.8 Å². The summed E-state index contributed by atoms with van der Waals surface area (Å²) in [5.41, 5.74) is 5.18. The summed E-state index contributed by atoms with van der Waals surface area (Å²) in [6.07, 6.45) is -0.0884. The number of hydrogen-bond acceptors (Lipinski definition) is 9. The van der Waals surface area contributed by atoms with E-state index < -0.39 is 70.9 Å². The van der Waals surface area contributed by atoms with E-state index >= 15 is 0 Å². The summed E-state index contributed by atoms with van der Waals surface area (Å²) in [5, 5.41) is 17.7. The lowest BCUT2D eigenvalue weighted by molar-refractivity contribution is -0.124. The van der Waals surface area contributed by atoms with Gasteiger partial charge in [-0.3, -0.25) is 14.4 Å². The quantitative estimate of drug-likeness (QED) is 0.0442. The Bertz CT molecular complexity index is 2150. The molecule has 6 amide bonds. The van der Waals surface area contributed by atoms with Gasteiger partial charge in [-0.05, 0) is 132 Å². The molecule has 0 fully saturated rings. The van der Waals surface area contributed by atoms with Crippen molar-refractivity contribution in [1.29, 1.82) is 0 Å². The predicted molar refractivity (Wildman–Crippen MR) is 280 cm³/mol. The second kappa shape index (κ2) is 26.5. The van der Waals surface area contributed by atoms with Crippen LogP contribution in [0.4, 0.5) is 14.4 Å². The van der Waals surface area contributed by atoms with E-state index in [1.807, 2.05) is 112 Å². The molecule has 0 saturated heterocycles. The standard InChI is InChI=1S/C57H78N6O9/c1-13-40-43(34-58-49(64)46(31-37-25-19-16-20-26-37)61-52(67)70-55(4,5)6)41(14-2)45(36-60-51(66)48(33-39-29-23-18-24-30-39)63-54(69)72-57(10,11)12)42(15-3)44(40)35-59-50(65)47(32-38-27-21-17-22-28-38)62-53(68)71-56(7,8)9/h16-30,46-48H,13-15,31-36H2,1-12H3,(H,58,64)(H,59,65)(H,60,66)(H,61,67)(H,62,68)(H,63,69)/t46-,47-,48-/m1/s1. The maximum Gasteiger partial charge on any atom is 0.408 e. The Morgan fingerprint density at radius 2 is 0.597 bits per heavy atom. The fourth-order valence-electron chi connectivity index (χ4n) is 8.44. The molecule has 15 heteroatoms. The van der Waals surface area contributed by atoms with Gasteiger partial charge in [0.05, 0.1) is 0 Å². The van der Waals surface area contributed by atoms with Gasteiger partial charge < -0.3 is 46.1 Å². The minimum Gasteiger partial charge on any atom is -0.444 e. The van der Waals surface area contributed by atoms with Crippen LogP contribution in [0.2, 0.25) is 0 Å². The molecule has 0 aromatic heterocycles. The van der Waals surface area contributed by atoms with Gasteiger partial charge in [0, 0.05) is 38.9 Å². The molecule has 0 heterocycles. The predicted octanol–water partition coefficient (Wildman–Crippen LogP) is 8.63. The molecule has 0 aliphatic carbocycles. The summed E-state index contributed by atoms with van der Waals surface area (Å²) in [7, 11) is 0. The Balaban J connectivity index is 1.80. The van der Waals surface area contributed by atoms with Crippen LogP contribution in [0, 0.1) is 0 Å². The molecule has 4 aromatic rings. The van der Waals surface area contributed by atoms with Gasteiger partial charge in [0.2, 0.25) is 17.7 Å². The van der Waals surface area contributed by atoms with Crippen molar-refractivity contribution in [3.8, 4) is 0 Å². The van der Waals surface area contributed by atoms with Crippen LogP contribution in [0.3, 0.4) is 0 Å². The molecule has 6 N–H and O–H groups in total. The van der Waals surface area contributed by atoms with Crippen LogP contribution in [0.5, 0.6) is 0 Å². The smallest absolute Gasteiger partial charge is 0.408 e. The third-order valence-electron chi connectivity index (χ3n) is 11.4. The number of alkyl carbamates (subject to hydrolysis) is 3. The van der Waals surface area contributed by atoms with Crippen LogP contribution in [-0.2, 0) is 86.8 Å². The van der Waals surface area contributed by atoms with Crippen molar-refractivity contribution in [1.82, 2.24) is 31.9 Å². The van der Waals surface area contributed by atoms with Crippen LogP contribution in [-0.4, -0.2) is 70.9 Å². The maximum absolute atomic E-state index is 14.4. The molecule has 0 unspecified atom stereocenters. The molecular formula is C57H78N6O9. The molecular weight excluding hydrogens is 913 g/mol. The van der Waals surface area contributed by atoms with E-state index in [-0.39, 0.29) is 38.9 Å². The van der Waals surface area contributed by atoms with Gasteiger partial charge in [-0.1, -0.05) is 112 Å². The topological polar surface area (TPSA) is 202 Å². The number of hydrogen-bond donors (Lipinski definition) is 6. The van der Waals surface area contributed by atoms with Gasteiger partial charge in [0.1, 0.15) is 34.9 Å². The number of benzene rings is 4. The Morgan fingerprint density at radius 1 is 0.375 bits per heavy atom. The van der Waals surface area contributed by atoms with E-state index in [0.29, 0.717) is 19.3 Å². The first-order valence-electron chi connectivity index (χ1n) is 25.0. The number of carbonyl (C=O) groups is 6. The first-order valence-corrected chi connectivity index (χ1v) is 25.0. The zero-order valence-electron chi connectivity index (χ0n) is 44.4. The molecule has 0 aliphatic rings. The maximum atomic E-state index is 14.4. The van der Waals surface area contributed by atoms with Crippen molar-refractivity contribution in [2.45, 2.75) is 176 Å². The third-order valence-corrected chi connectivity index (χ3v) is 11.4. The molecule has 72 heavy (non-hydrogen) atoms. The zero-order valence-corrected chi connectivity index (χ0v) is 44.4. The molecule has 4 aromatic carbocycles. The number of rotatable bonds is 21. The summed E-state index contributed by atoms with van der Waals surface area (Å²) in [6, 6.07) is 25.1. The molecule has 3 atom stereocenters. The highest BCUT2D eigenvalue weighted by Crippen LogP contribution is 2.31. The first kappa shape index (κ1) is 57.7. The molecule has 0 radical (unpaired) electrons. The highest BCUT2D eigenvalue weighted by Gasteiger charge is 2.30. The molecule has 0 spiro atoms. The average Bonchev–Trinajstić information content (AvgIpc) is 3.29. The van der Waals surface area contributed by atoms with Crippen LogP contribution >= 0.6 is 0 Å². The molecule has 390 valence electrons. The average molecular weight is 991 g/mol. The summed E-state index contributed by atoms with van der Waals surface area (Å²) in [4.78, 5) is 82.5. The summed E-state index contributed by atoms with van der Waals surface area (Å²) < 4.78 is 16.7. The largest absolute Gasteiger partial charge is 0.444 e. The Hall–Kier alpha value is -6.90. The molecule has 4 rings (SSSR count). The fourth-order valence-corrected chi connectivity index (χ4v) is 8.44. The van der Waals surface area contributed by atoms with Crippen LogP contribution in [0.1, 0.15) is 133 Å². The molecule has 15 nitrogen and oxygen atoms in total. The SMILES string of the molecule is CCc1c(CNC(=O)[C@@H](Cc2ccccc2)NC(=O)OC(C)(C)C)c(CC)c(CNC(=O)[C@@H](Cc2ccccc2)NC(=O)OC(C)(C)C)c(CC)c1CNC(=O)[C@@H](Cc1ccccc1)NC(=O)OC(C)(C)C. The third kappa shape index (κ3) is 19.0. The normalized spacial score (nSPS) is 12.8. The van der Waals surface area contributed by atoms with Crippen LogP contribution in [0.15, 0.2) is 91.0 Å². The van der Waals surface area contributed by atoms with Crippen molar-refractivity contribution < 1.29 is 43.0 Å². The number of amides is 6. The van der Waals surface area contributed by atoms with Gasteiger partial charge >= 0.3 is 18.3 Å². The Morgan fingerprint density at radius 3 is 0.792 bits per heavy atom. The van der Waals surface area contributed by atoms with Gasteiger partial charge in [-0.25, -0.2) is 14.4 Å². The Labute approximate surface area is 426 Å². The number of ether oxygens (including phenoxy) is 3. The highest BCUT2D eigenvalue weighted by atomic mass is 16.6. The number of nitrogens with one attached hydrogen (secondary N) is 6. The minimum atomic E-state index is -0.997. The second-order valence-corrected chi connectivity index (χ2v) is 20.8. The minimum absolute atomic E-state index is 0.0476. The highest BCUT2D eigenvalue weighted by molar-refractivity contribution is 5.88. The monoisotopic (exact) mass is 991 g/mol. The summed E-state index contributed by atoms with van der Waals surface area (Å²) in [6.45, 7) is 21.9. The van der Waals surface area contributed by atoms with Crippen molar-refractivity contribution in [3.05, 3.63) is 141 Å². The summed E-state index contributed by atoms with van der Waals surface area (Å²) >= 11 is 0. The number of carbonyl (C=O) groups excluding carboxylic acids is 6. The summed E-state index contributed by atoms with van der Waals surface area (Å²) in [5.74, 6) is -1.31. The van der Waals surface area contributed by atoms with Crippen molar-refractivity contribution in [2.75, 3.05) is 0 Å².